The summed E-state index contributed by atoms with van der Waals surface area (Å²) in [7, 11) is 0. The van der Waals surface area contributed by atoms with E-state index in [0.717, 1.165) is 18.2 Å². The third-order valence-corrected chi connectivity index (χ3v) is 2.87. The molecule has 0 saturated carbocycles. The van der Waals surface area contributed by atoms with Crippen LogP contribution in [0.5, 0.6) is 0 Å². The first kappa shape index (κ1) is 11.1. The number of furan rings is 1. The van der Waals surface area contributed by atoms with E-state index < -0.39 is 17.0 Å². The number of alkyl halides is 1. The van der Waals surface area contributed by atoms with Crippen LogP contribution in [-0.2, 0) is 0 Å². The maximum absolute atomic E-state index is 13.5. The summed E-state index contributed by atoms with van der Waals surface area (Å²) in [6.07, 6.45) is 1.47. The van der Waals surface area contributed by atoms with Gasteiger partial charge in [-0.25, -0.2) is 8.78 Å². The number of hydrogen-bond acceptors (Lipinski definition) is 1. The van der Waals surface area contributed by atoms with E-state index in [1.54, 1.807) is 13.0 Å². The quantitative estimate of drug-likeness (QED) is 0.720. The molecule has 1 nitrogen and oxygen atoms in total. The van der Waals surface area contributed by atoms with E-state index in [1.165, 1.54) is 6.26 Å². The van der Waals surface area contributed by atoms with Gasteiger partial charge >= 0.3 is 0 Å². The van der Waals surface area contributed by atoms with Gasteiger partial charge in [0.25, 0.3) is 0 Å². The highest BCUT2D eigenvalue weighted by Crippen LogP contribution is 2.33. The topological polar surface area (TPSA) is 13.1 Å². The van der Waals surface area contributed by atoms with Gasteiger partial charge in [-0.05, 0) is 31.2 Å². The Morgan fingerprint density at radius 2 is 1.94 bits per heavy atom. The van der Waals surface area contributed by atoms with Gasteiger partial charge in [-0.2, -0.15) is 0 Å². The Morgan fingerprint density at radius 1 is 1.19 bits per heavy atom. The Balaban J connectivity index is 2.45. The molecule has 2 aromatic rings. The van der Waals surface area contributed by atoms with Crippen LogP contribution in [0.1, 0.15) is 22.3 Å². The van der Waals surface area contributed by atoms with Crippen LogP contribution in [-0.4, -0.2) is 0 Å². The monoisotopic (exact) mass is 242 g/mol. The van der Waals surface area contributed by atoms with Gasteiger partial charge < -0.3 is 4.42 Å². The third kappa shape index (κ3) is 1.95. The molecule has 1 aromatic heterocycles. The third-order valence-electron chi connectivity index (χ3n) is 2.40. The molecule has 84 valence electrons. The minimum atomic E-state index is -0.741. The number of halogens is 3. The Bertz CT molecular complexity index is 507. The molecule has 1 heterocycles. The lowest BCUT2D eigenvalue weighted by Gasteiger charge is -2.10. The zero-order valence-corrected chi connectivity index (χ0v) is 9.26. The van der Waals surface area contributed by atoms with Crippen LogP contribution in [0.2, 0.25) is 0 Å². The standard InChI is InChI=1S/C12H9ClF2O/c1-7-9(4-5-16-7)12(13)10-6-8(14)2-3-11(10)15/h2-6,12H,1H3. The van der Waals surface area contributed by atoms with Crippen molar-refractivity contribution < 1.29 is 13.2 Å². The van der Waals surface area contributed by atoms with Crippen molar-refractivity contribution in [1.29, 1.82) is 0 Å². The van der Waals surface area contributed by atoms with Crippen molar-refractivity contribution in [3.63, 3.8) is 0 Å². The van der Waals surface area contributed by atoms with E-state index in [4.69, 9.17) is 16.0 Å². The van der Waals surface area contributed by atoms with Crippen molar-refractivity contribution in [2.45, 2.75) is 12.3 Å². The Hall–Kier alpha value is -1.35. The van der Waals surface area contributed by atoms with Crippen LogP contribution in [0, 0.1) is 18.6 Å². The molecule has 0 bridgehead atoms. The lowest BCUT2D eigenvalue weighted by atomic mass is 10.0. The molecule has 0 aliphatic carbocycles. The van der Waals surface area contributed by atoms with Gasteiger partial charge in [0.1, 0.15) is 17.4 Å². The second-order valence-corrected chi connectivity index (χ2v) is 3.90. The molecule has 0 spiro atoms. The number of aryl methyl sites for hydroxylation is 1. The van der Waals surface area contributed by atoms with Gasteiger partial charge in [0, 0.05) is 11.1 Å². The molecule has 0 amide bonds. The smallest absolute Gasteiger partial charge is 0.128 e. The molecular weight excluding hydrogens is 234 g/mol. The molecule has 0 aliphatic rings. The fourth-order valence-corrected chi connectivity index (χ4v) is 1.93. The van der Waals surface area contributed by atoms with Crippen LogP contribution in [0.25, 0.3) is 0 Å². The van der Waals surface area contributed by atoms with Crippen LogP contribution in [0.15, 0.2) is 34.9 Å². The van der Waals surface area contributed by atoms with Crippen molar-refractivity contribution >= 4 is 11.6 Å². The first-order valence-corrected chi connectivity index (χ1v) is 5.16. The Labute approximate surface area is 96.6 Å². The highest BCUT2D eigenvalue weighted by molar-refractivity contribution is 6.22. The normalized spacial score (nSPS) is 12.8. The van der Waals surface area contributed by atoms with Crippen molar-refractivity contribution in [1.82, 2.24) is 0 Å². The average molecular weight is 243 g/mol. The fourth-order valence-electron chi connectivity index (χ4n) is 1.53. The maximum Gasteiger partial charge on any atom is 0.128 e. The second-order valence-electron chi connectivity index (χ2n) is 3.46. The van der Waals surface area contributed by atoms with Gasteiger partial charge in [-0.1, -0.05) is 0 Å². The van der Waals surface area contributed by atoms with Gasteiger partial charge in [-0.15, -0.1) is 11.6 Å². The molecule has 4 heteroatoms. The van der Waals surface area contributed by atoms with Crippen molar-refractivity contribution in [3.05, 3.63) is 59.1 Å². The average Bonchev–Trinajstić information content (AvgIpc) is 2.67. The zero-order valence-electron chi connectivity index (χ0n) is 8.51. The summed E-state index contributed by atoms with van der Waals surface area (Å²) in [5, 5.41) is -0.741. The van der Waals surface area contributed by atoms with Crippen molar-refractivity contribution in [2.75, 3.05) is 0 Å². The van der Waals surface area contributed by atoms with E-state index >= 15 is 0 Å². The van der Waals surface area contributed by atoms with Gasteiger partial charge in [-0.3, -0.25) is 0 Å². The number of rotatable bonds is 2. The second kappa shape index (κ2) is 4.26. The van der Waals surface area contributed by atoms with Gasteiger partial charge in [0.2, 0.25) is 0 Å². The summed E-state index contributed by atoms with van der Waals surface area (Å²) in [6.45, 7) is 1.72. The molecule has 0 radical (unpaired) electrons. The Morgan fingerprint density at radius 3 is 2.56 bits per heavy atom. The molecule has 0 N–H and O–H groups in total. The lowest BCUT2D eigenvalue weighted by Crippen LogP contribution is -1.98. The summed E-state index contributed by atoms with van der Waals surface area (Å²) in [5.74, 6) is -0.436. The highest BCUT2D eigenvalue weighted by atomic mass is 35.5. The van der Waals surface area contributed by atoms with Crippen LogP contribution in [0.3, 0.4) is 0 Å². The minimum Gasteiger partial charge on any atom is -0.469 e. The zero-order chi connectivity index (χ0) is 11.7. The molecule has 1 atom stereocenters. The molecule has 2 rings (SSSR count). The highest BCUT2D eigenvalue weighted by Gasteiger charge is 2.19. The number of benzene rings is 1. The van der Waals surface area contributed by atoms with Crippen molar-refractivity contribution in [3.8, 4) is 0 Å². The van der Waals surface area contributed by atoms with Crippen LogP contribution in [0.4, 0.5) is 8.78 Å². The van der Waals surface area contributed by atoms with Crippen LogP contribution < -0.4 is 0 Å². The van der Waals surface area contributed by atoms with E-state index in [1.807, 2.05) is 0 Å². The molecular formula is C12H9ClF2O. The first-order valence-electron chi connectivity index (χ1n) is 4.72. The summed E-state index contributed by atoms with van der Waals surface area (Å²) in [4.78, 5) is 0. The fraction of sp³-hybridized carbons (Fsp3) is 0.167. The number of hydrogen-bond donors (Lipinski definition) is 0. The predicted molar refractivity (Wildman–Crippen MR) is 57.5 cm³/mol. The predicted octanol–water partition coefficient (Wildman–Crippen LogP) is 4.19. The molecule has 16 heavy (non-hydrogen) atoms. The largest absolute Gasteiger partial charge is 0.469 e. The SMILES string of the molecule is Cc1occc1C(Cl)c1cc(F)ccc1F. The molecule has 0 fully saturated rings. The molecule has 0 aliphatic heterocycles. The van der Waals surface area contributed by atoms with Gasteiger partial charge in [0.05, 0.1) is 11.6 Å². The summed E-state index contributed by atoms with van der Waals surface area (Å²) >= 11 is 6.09. The van der Waals surface area contributed by atoms with Gasteiger partial charge in [0.15, 0.2) is 0 Å². The Kier molecular flexibility index (Phi) is 2.97. The van der Waals surface area contributed by atoms with Crippen molar-refractivity contribution in [2.24, 2.45) is 0 Å². The summed E-state index contributed by atoms with van der Waals surface area (Å²) in [5.41, 5.74) is 0.761. The minimum absolute atomic E-state index is 0.117. The van der Waals surface area contributed by atoms with Crippen LogP contribution >= 0.6 is 11.6 Å². The summed E-state index contributed by atoms with van der Waals surface area (Å²) in [6, 6.07) is 4.87. The maximum atomic E-state index is 13.5. The van der Waals surface area contributed by atoms with E-state index in [9.17, 15) is 8.78 Å². The summed E-state index contributed by atoms with van der Waals surface area (Å²) < 4.78 is 31.5. The van der Waals surface area contributed by atoms with E-state index in [0.29, 0.717) is 11.3 Å². The molecule has 0 saturated heterocycles. The molecule has 1 unspecified atom stereocenters. The molecule has 1 aromatic carbocycles. The lowest BCUT2D eigenvalue weighted by molar-refractivity contribution is 0.529. The van der Waals surface area contributed by atoms with E-state index in [2.05, 4.69) is 0 Å². The van der Waals surface area contributed by atoms with E-state index in [-0.39, 0.29) is 5.56 Å². The first-order chi connectivity index (χ1) is 7.59.